The first kappa shape index (κ1) is 6.04. The van der Waals surface area contributed by atoms with E-state index in [0.29, 0.717) is 0 Å². The highest BCUT2D eigenvalue weighted by molar-refractivity contribution is 9.09. The summed E-state index contributed by atoms with van der Waals surface area (Å²) in [6.45, 7) is 1.91. The lowest BCUT2D eigenvalue weighted by atomic mass is 10.5. The predicted molar refractivity (Wildman–Crippen MR) is 31.5 cm³/mol. The number of alkyl halides is 1. The topological polar surface area (TPSA) is 0 Å². The molecule has 0 aliphatic heterocycles. The molecule has 0 unspecified atom stereocenters. The molecule has 0 aliphatic carbocycles. The van der Waals surface area contributed by atoms with Crippen molar-refractivity contribution < 1.29 is 0 Å². The molecule has 0 heterocycles. The molecule has 1 radical (unpaired) electrons. The highest BCUT2D eigenvalue weighted by Gasteiger charge is 1.58. The van der Waals surface area contributed by atoms with Gasteiger partial charge in [0.1, 0.15) is 0 Å². The summed E-state index contributed by atoms with van der Waals surface area (Å²) in [6.07, 6.45) is 1.82. The summed E-state index contributed by atoms with van der Waals surface area (Å²) >= 11 is 3.16. The molecule has 0 aromatic rings. The van der Waals surface area contributed by atoms with Crippen LogP contribution in [0.15, 0.2) is 0 Å². The third kappa shape index (κ3) is 4.04. The minimum absolute atomic E-state index is 0.775. The van der Waals surface area contributed by atoms with Crippen LogP contribution in [0.25, 0.3) is 0 Å². The monoisotopic (exact) mass is 145 g/mol. The number of rotatable bonds is 0. The van der Waals surface area contributed by atoms with Gasteiger partial charge in [-0.15, -0.1) is 0 Å². The number of halogens is 1. The molecular weight excluding hydrogens is 140 g/mol. The van der Waals surface area contributed by atoms with Crippen molar-refractivity contribution in [2.75, 3.05) is 5.33 Å². The van der Waals surface area contributed by atoms with Crippen LogP contribution >= 0.6 is 15.9 Å². The first-order chi connectivity index (χ1) is 2.91. The smallest absolute Gasteiger partial charge is 0.0645 e. The van der Waals surface area contributed by atoms with Gasteiger partial charge >= 0.3 is 0 Å². The van der Waals surface area contributed by atoms with E-state index in [4.69, 9.17) is 0 Å². The second-order valence-corrected chi connectivity index (χ2v) is 1.30. The van der Waals surface area contributed by atoms with Crippen molar-refractivity contribution in [3.8, 4) is 11.8 Å². The first-order valence-electron chi connectivity index (χ1n) is 1.74. The van der Waals surface area contributed by atoms with Gasteiger partial charge in [-0.2, -0.15) is 0 Å². The molecule has 0 spiro atoms. The van der Waals surface area contributed by atoms with Gasteiger partial charge in [0.25, 0.3) is 0 Å². The molecular formula is C5H6Br. The SMILES string of the molecule is C[CH]C#CCBr. The van der Waals surface area contributed by atoms with Crippen LogP contribution in [0.4, 0.5) is 0 Å². The maximum atomic E-state index is 3.16. The fourth-order valence-electron chi connectivity index (χ4n) is 0.141. The lowest BCUT2D eigenvalue weighted by Gasteiger charge is -1.63. The highest BCUT2D eigenvalue weighted by Crippen LogP contribution is 1.73. The Hall–Kier alpha value is 0.0400. The van der Waals surface area contributed by atoms with Gasteiger partial charge in [-0.25, -0.2) is 0 Å². The van der Waals surface area contributed by atoms with Gasteiger partial charge in [-0.1, -0.05) is 34.7 Å². The van der Waals surface area contributed by atoms with Crippen molar-refractivity contribution in [2.24, 2.45) is 0 Å². The molecule has 33 valence electrons. The molecule has 0 nitrogen and oxygen atoms in total. The molecule has 0 N–H and O–H groups in total. The predicted octanol–water partition coefficient (Wildman–Crippen LogP) is 1.61. The third-order valence-corrected chi connectivity index (χ3v) is 0.594. The van der Waals surface area contributed by atoms with Crippen LogP contribution in [0.2, 0.25) is 0 Å². The van der Waals surface area contributed by atoms with E-state index < -0.39 is 0 Å². The molecule has 0 aromatic carbocycles. The molecule has 0 amide bonds. The van der Waals surface area contributed by atoms with Crippen molar-refractivity contribution in [1.29, 1.82) is 0 Å². The minimum atomic E-state index is 0.775. The zero-order valence-electron chi connectivity index (χ0n) is 3.66. The second-order valence-electron chi connectivity index (χ2n) is 0.743. The molecule has 0 aromatic heterocycles. The Morgan fingerprint density at radius 1 is 1.83 bits per heavy atom. The number of hydrogen-bond donors (Lipinski definition) is 0. The summed E-state index contributed by atoms with van der Waals surface area (Å²) in [5, 5.41) is 0.775. The van der Waals surface area contributed by atoms with Crippen LogP contribution < -0.4 is 0 Å². The number of hydrogen-bond acceptors (Lipinski definition) is 0. The standard InChI is InChI=1S/C5H6Br/c1-2-3-4-5-6/h2H,5H2,1H3. The van der Waals surface area contributed by atoms with E-state index in [0.717, 1.165) is 5.33 Å². The normalized spacial score (nSPS) is 6.33. The van der Waals surface area contributed by atoms with Crippen LogP contribution in [0.1, 0.15) is 6.92 Å². The van der Waals surface area contributed by atoms with E-state index in [1.807, 2.05) is 13.3 Å². The lowest BCUT2D eigenvalue weighted by Crippen LogP contribution is -1.57. The molecule has 0 fully saturated rings. The van der Waals surface area contributed by atoms with E-state index in [1.54, 1.807) is 0 Å². The molecule has 0 saturated heterocycles. The average molecular weight is 146 g/mol. The highest BCUT2D eigenvalue weighted by atomic mass is 79.9. The van der Waals surface area contributed by atoms with Crippen molar-refractivity contribution in [2.45, 2.75) is 6.92 Å². The molecule has 0 saturated carbocycles. The third-order valence-electron chi connectivity index (χ3n) is 0.313. The summed E-state index contributed by atoms with van der Waals surface area (Å²) < 4.78 is 0. The minimum Gasteiger partial charge on any atom is -0.0980 e. The summed E-state index contributed by atoms with van der Waals surface area (Å²) in [5.41, 5.74) is 0. The van der Waals surface area contributed by atoms with Crippen molar-refractivity contribution in [1.82, 2.24) is 0 Å². The van der Waals surface area contributed by atoms with Gasteiger partial charge in [0.05, 0.1) is 5.33 Å². The van der Waals surface area contributed by atoms with Crippen molar-refractivity contribution in [3.05, 3.63) is 6.42 Å². The van der Waals surface area contributed by atoms with E-state index in [1.165, 1.54) is 0 Å². The van der Waals surface area contributed by atoms with Gasteiger partial charge in [0.15, 0.2) is 0 Å². The summed E-state index contributed by atoms with van der Waals surface area (Å²) in [5.74, 6) is 5.59. The van der Waals surface area contributed by atoms with Gasteiger partial charge in [0, 0.05) is 6.42 Å². The van der Waals surface area contributed by atoms with E-state index >= 15 is 0 Å². The Balaban J connectivity index is 2.90. The van der Waals surface area contributed by atoms with Crippen molar-refractivity contribution >= 4 is 15.9 Å². The molecule has 0 bridgehead atoms. The van der Waals surface area contributed by atoms with Crippen LogP contribution in [-0.4, -0.2) is 5.33 Å². The van der Waals surface area contributed by atoms with Crippen LogP contribution in [0, 0.1) is 18.3 Å². The van der Waals surface area contributed by atoms with E-state index in [-0.39, 0.29) is 0 Å². The Morgan fingerprint density at radius 2 is 2.50 bits per heavy atom. The Kier molecular flexibility index (Phi) is 5.07. The summed E-state index contributed by atoms with van der Waals surface area (Å²) in [4.78, 5) is 0. The Morgan fingerprint density at radius 3 is 2.67 bits per heavy atom. The van der Waals surface area contributed by atoms with Gasteiger partial charge in [-0.3, -0.25) is 0 Å². The molecule has 1 heteroatoms. The fraction of sp³-hybridized carbons (Fsp3) is 0.400. The van der Waals surface area contributed by atoms with Crippen LogP contribution in [-0.2, 0) is 0 Å². The van der Waals surface area contributed by atoms with Gasteiger partial charge in [0.2, 0.25) is 0 Å². The summed E-state index contributed by atoms with van der Waals surface area (Å²) in [7, 11) is 0. The van der Waals surface area contributed by atoms with Crippen LogP contribution in [0.5, 0.6) is 0 Å². The fourth-order valence-corrected chi connectivity index (χ4v) is 0.303. The van der Waals surface area contributed by atoms with Gasteiger partial charge < -0.3 is 0 Å². The van der Waals surface area contributed by atoms with Gasteiger partial charge in [-0.05, 0) is 0 Å². The second kappa shape index (κ2) is 5.04. The largest absolute Gasteiger partial charge is 0.0980 e. The lowest BCUT2D eigenvalue weighted by molar-refractivity contribution is 1.62. The molecule has 0 atom stereocenters. The maximum absolute atomic E-state index is 3.16. The zero-order valence-corrected chi connectivity index (χ0v) is 5.25. The van der Waals surface area contributed by atoms with E-state index in [2.05, 4.69) is 27.8 Å². The average Bonchev–Trinajstić information content (AvgIpc) is 1.61. The molecule has 6 heavy (non-hydrogen) atoms. The quantitative estimate of drug-likeness (QED) is 0.359. The van der Waals surface area contributed by atoms with Crippen molar-refractivity contribution in [3.63, 3.8) is 0 Å². The molecule has 0 aliphatic rings. The Bertz CT molecular complexity index is 57.7. The maximum Gasteiger partial charge on any atom is 0.0645 e. The summed E-state index contributed by atoms with van der Waals surface area (Å²) in [6, 6.07) is 0. The zero-order chi connectivity index (χ0) is 4.83. The first-order valence-corrected chi connectivity index (χ1v) is 2.86. The Labute approximate surface area is 47.1 Å². The molecule has 0 rings (SSSR count). The van der Waals surface area contributed by atoms with Crippen LogP contribution in [0.3, 0.4) is 0 Å². The van der Waals surface area contributed by atoms with E-state index in [9.17, 15) is 0 Å².